The predicted molar refractivity (Wildman–Crippen MR) is 468 cm³/mol. The number of carbonyl (C=O) groups excluding carboxylic acids is 14. The molecular formula is C83H135N25O16. The van der Waals surface area contributed by atoms with Crippen LogP contribution in [0.2, 0.25) is 0 Å². The number of primary amides is 2. The lowest BCUT2D eigenvalue weighted by atomic mass is 10.0. The summed E-state index contributed by atoms with van der Waals surface area (Å²) in [6.45, 7) is 2.84. The number of aromatic nitrogens is 1. The predicted octanol–water partition coefficient (Wildman–Crippen LogP) is -4.24. The summed E-state index contributed by atoms with van der Waals surface area (Å²) in [5.74, 6) is -12.6. The number of nitrogens with two attached hydrogens (primary N) is 11. The maximum absolute atomic E-state index is 15.4. The second-order valence-corrected chi connectivity index (χ2v) is 30.7. The maximum atomic E-state index is 15.4. The van der Waals surface area contributed by atoms with E-state index in [9.17, 15) is 58.2 Å². The van der Waals surface area contributed by atoms with Gasteiger partial charge in [0.05, 0.1) is 6.42 Å². The SMILES string of the molecule is CC(=O)N[C@@H](CCCCN)C(=O)N[C@@H](CCCCN)C(=O)N[C@@H](CCCCN)C(=O)N[C@@H](CCCCN)C(=O)N[C@@H](CCCCN)C(=O)N[C@@H](CCCCN)C(=O)N[C@@H](CCCCN)C(=O)N[C@@H](Cc1c[nH]c2ccccc12)C(=O)N[C@@H](CCCN=C(N)N)C(=O)N[C@@H](Cc1ccc(O)cc1)C(=O)N[C@@H](Cc1ccc(O)cc1)C(=O)N[C@@H](CC(N)=O)C(N)=O. The number of nitrogens with zero attached hydrogens (tertiary/aromatic N) is 1. The molecular weight excluding hydrogens is 1600 g/mol. The molecule has 3 aromatic carbocycles. The van der Waals surface area contributed by atoms with Gasteiger partial charge >= 0.3 is 0 Å². The van der Waals surface area contributed by atoms with Gasteiger partial charge < -0.3 is 142 Å². The number of aromatic hydroxyl groups is 2. The molecule has 14 amide bonds. The lowest BCUT2D eigenvalue weighted by Crippen LogP contribution is -2.61. The summed E-state index contributed by atoms with van der Waals surface area (Å²) in [6.07, 6.45) is 5.50. The molecule has 0 bridgehead atoms. The van der Waals surface area contributed by atoms with Gasteiger partial charge in [0.2, 0.25) is 82.7 Å². The van der Waals surface area contributed by atoms with Gasteiger partial charge in [-0.3, -0.25) is 72.1 Å². The second kappa shape index (κ2) is 58.4. The molecule has 0 unspecified atom stereocenters. The third-order valence-electron chi connectivity index (χ3n) is 20.5. The molecule has 0 saturated carbocycles. The van der Waals surface area contributed by atoms with E-state index in [1.165, 1.54) is 55.5 Å². The van der Waals surface area contributed by atoms with E-state index in [1.54, 1.807) is 30.5 Å². The molecule has 12 atom stereocenters. The summed E-state index contributed by atoms with van der Waals surface area (Å²) in [4.78, 5) is 207. The first-order chi connectivity index (χ1) is 59.4. The highest BCUT2D eigenvalue weighted by Crippen LogP contribution is 2.22. The van der Waals surface area contributed by atoms with Gasteiger partial charge in [-0.2, -0.15) is 0 Å². The number of phenols is 2. The Bertz CT molecular complexity index is 4060. The lowest BCUT2D eigenvalue weighted by molar-refractivity contribution is -0.136. The molecule has 41 heteroatoms. The summed E-state index contributed by atoms with van der Waals surface area (Å²) >= 11 is 0. The van der Waals surface area contributed by atoms with Crippen molar-refractivity contribution in [3.8, 4) is 11.5 Å². The quantitative estimate of drug-likeness (QED) is 0.0113. The first-order valence-corrected chi connectivity index (χ1v) is 42.6. The number of nitrogens with one attached hydrogen (secondary N) is 13. The van der Waals surface area contributed by atoms with E-state index in [1.807, 2.05) is 0 Å². The molecule has 0 saturated heterocycles. The van der Waals surface area contributed by atoms with Crippen LogP contribution < -0.4 is 127 Å². The summed E-state index contributed by atoms with van der Waals surface area (Å²) in [5, 5.41) is 53.6. The fourth-order valence-corrected chi connectivity index (χ4v) is 13.7. The number of benzene rings is 3. The van der Waals surface area contributed by atoms with Gasteiger partial charge in [-0.25, -0.2) is 0 Å². The molecule has 0 aliphatic heterocycles. The average molecular weight is 1740 g/mol. The molecule has 4 aromatic rings. The molecule has 688 valence electrons. The van der Waals surface area contributed by atoms with E-state index >= 15 is 19.2 Å². The maximum Gasteiger partial charge on any atom is 0.243 e. The lowest BCUT2D eigenvalue weighted by Gasteiger charge is -2.29. The van der Waals surface area contributed by atoms with Crippen LogP contribution in [0, 0.1) is 0 Å². The van der Waals surface area contributed by atoms with Gasteiger partial charge in [0.1, 0.15) is 84.0 Å². The van der Waals surface area contributed by atoms with E-state index < -0.39 is 162 Å². The van der Waals surface area contributed by atoms with Gasteiger partial charge in [0.25, 0.3) is 0 Å². The van der Waals surface area contributed by atoms with Crippen molar-refractivity contribution in [3.63, 3.8) is 0 Å². The fraction of sp³-hybridized carbons (Fsp3) is 0.578. The normalized spacial score (nSPS) is 14.1. The monoisotopic (exact) mass is 1740 g/mol. The van der Waals surface area contributed by atoms with Crippen molar-refractivity contribution in [1.29, 1.82) is 0 Å². The molecule has 41 nitrogen and oxygen atoms in total. The summed E-state index contributed by atoms with van der Waals surface area (Å²) in [7, 11) is 0. The Balaban J connectivity index is 1.76. The van der Waals surface area contributed by atoms with Gasteiger partial charge in [-0.05, 0) is 241 Å². The highest BCUT2D eigenvalue weighted by molar-refractivity contribution is 6.00. The van der Waals surface area contributed by atoms with Crippen LogP contribution >= 0.6 is 0 Å². The van der Waals surface area contributed by atoms with Crippen molar-refractivity contribution in [3.05, 3.63) is 95.7 Å². The topological polar surface area (TPSA) is 738 Å². The number of phenolic OH excluding ortho intramolecular Hbond substituents is 2. The number of amides is 14. The van der Waals surface area contributed by atoms with Crippen LogP contribution in [0.25, 0.3) is 10.9 Å². The highest BCUT2D eigenvalue weighted by atomic mass is 16.3. The van der Waals surface area contributed by atoms with Crippen LogP contribution in [0.3, 0.4) is 0 Å². The minimum Gasteiger partial charge on any atom is -0.508 e. The number of para-hydroxylation sites is 1. The van der Waals surface area contributed by atoms with Crippen LogP contribution in [0.15, 0.2) is 84.0 Å². The minimum absolute atomic E-state index is 0.00667. The van der Waals surface area contributed by atoms with E-state index in [4.69, 9.17) is 63.1 Å². The number of rotatable bonds is 64. The largest absolute Gasteiger partial charge is 0.508 e. The molecule has 124 heavy (non-hydrogen) atoms. The van der Waals surface area contributed by atoms with Crippen LogP contribution in [0.4, 0.5) is 0 Å². The molecule has 4 rings (SSSR count). The molecule has 0 spiro atoms. The Morgan fingerprint density at radius 3 is 0.855 bits per heavy atom. The average Bonchev–Trinajstić information content (AvgIpc) is 1.65. The number of aliphatic imine (C=N–C) groups is 1. The number of unbranched alkanes of at least 4 members (excludes halogenated alkanes) is 7. The summed E-state index contributed by atoms with van der Waals surface area (Å²) in [6, 6.07) is 1.16. The Kier molecular flexibility index (Phi) is 49.3. The zero-order valence-electron chi connectivity index (χ0n) is 71.1. The van der Waals surface area contributed by atoms with E-state index in [0.29, 0.717) is 105 Å². The smallest absolute Gasteiger partial charge is 0.243 e. The Morgan fingerprint density at radius 1 is 0.323 bits per heavy atom. The summed E-state index contributed by atoms with van der Waals surface area (Å²) < 4.78 is 0. The number of guanidine groups is 1. The van der Waals surface area contributed by atoms with E-state index in [2.05, 4.69) is 73.8 Å². The minimum atomic E-state index is -1.62. The fourth-order valence-electron chi connectivity index (χ4n) is 13.7. The molecule has 1 aromatic heterocycles. The zero-order chi connectivity index (χ0) is 91.5. The van der Waals surface area contributed by atoms with Crippen LogP contribution in [-0.2, 0) is 86.4 Å². The van der Waals surface area contributed by atoms with Crippen LogP contribution in [0.5, 0.6) is 11.5 Å². The molecule has 0 radical (unpaired) electrons. The van der Waals surface area contributed by atoms with Crippen molar-refractivity contribution < 1.29 is 77.3 Å². The van der Waals surface area contributed by atoms with Crippen LogP contribution in [0.1, 0.15) is 178 Å². The number of aromatic amines is 1. The zero-order valence-corrected chi connectivity index (χ0v) is 71.1. The summed E-state index contributed by atoms with van der Waals surface area (Å²) in [5.41, 5.74) is 65.4. The second-order valence-electron chi connectivity index (χ2n) is 30.7. The van der Waals surface area contributed by atoms with Crippen LogP contribution in [-0.4, -0.2) is 229 Å². The van der Waals surface area contributed by atoms with Gasteiger partial charge in [0.15, 0.2) is 5.96 Å². The number of fused-ring (bicyclic) bond motifs is 1. The van der Waals surface area contributed by atoms with Gasteiger partial charge in [-0.15, -0.1) is 0 Å². The Labute approximate surface area is 723 Å². The van der Waals surface area contributed by atoms with Crippen molar-refractivity contribution in [2.75, 3.05) is 52.4 Å². The van der Waals surface area contributed by atoms with Gasteiger partial charge in [0, 0.05) is 49.8 Å². The standard InChI is InChI=1S/C83H135N25O16/c1-50(109)97-58(21-4-11-37-84)72(114)98-59(22-5-12-38-85)73(115)99-60(23-6-13-39-86)74(116)100-61(24-7-14-40-87)75(117)101-62(25-8-15-41-88)76(118)102-63(26-9-16-42-89)77(119)103-64(27-10-17-43-90)78(120)108-69(47-53-49-96-57-20-3-2-19-56(53)57)82(124)104-65(28-18-44-95-83(93)94)79(121)106-68(46-52-31-35-55(111)36-32-52)81(123)107-67(45-51-29-33-54(110)34-30-51)80(122)105-66(71(92)113)48-70(91)112/h2-3,19-20,29-36,49,58-69,96,110-111H,4-18,21-28,37-48,84-90H2,1H3,(H2,91,112)(H2,92,113)(H,97,109)(H,98,114)(H,99,115)(H,100,116)(H,101,117)(H,102,118)(H,103,119)(H,104,124)(H,105,122)(H,106,121)(H,107,123)(H,108,120)(H4,93,94,95)/t58-,59-,60-,61-,62-,63-,64-,65-,66-,67-,68-,69-/m0/s1. The van der Waals surface area contributed by atoms with Crippen molar-refractivity contribution in [2.24, 2.45) is 68.1 Å². The number of hydrogen-bond donors (Lipinski definition) is 26. The Hall–Kier alpha value is -11.6. The molecule has 1 heterocycles. The van der Waals surface area contributed by atoms with Crippen molar-refractivity contribution in [2.45, 2.75) is 253 Å². The van der Waals surface area contributed by atoms with E-state index in [-0.39, 0.29) is 160 Å². The molecule has 0 fully saturated rings. The third-order valence-corrected chi connectivity index (χ3v) is 20.5. The first kappa shape index (κ1) is 105. The third kappa shape index (κ3) is 39.7. The highest BCUT2D eigenvalue weighted by Gasteiger charge is 2.38. The number of hydrogen-bond acceptors (Lipinski definition) is 24. The molecule has 0 aliphatic carbocycles. The van der Waals surface area contributed by atoms with Crippen molar-refractivity contribution in [1.82, 2.24) is 68.8 Å². The number of H-pyrrole nitrogens is 1. The number of carbonyl (C=O) groups is 14. The van der Waals surface area contributed by atoms with E-state index in [0.717, 1.165) is 0 Å². The first-order valence-electron chi connectivity index (χ1n) is 42.6. The molecule has 37 N–H and O–H groups in total. The molecule has 0 aliphatic rings. The Morgan fingerprint density at radius 2 is 0.581 bits per heavy atom. The van der Waals surface area contributed by atoms with Crippen molar-refractivity contribution >= 4 is 99.6 Å². The van der Waals surface area contributed by atoms with Gasteiger partial charge in [-0.1, -0.05) is 42.5 Å².